The summed E-state index contributed by atoms with van der Waals surface area (Å²) in [6, 6.07) is 0.492. The monoisotopic (exact) mass is 153 g/mol. The highest BCUT2D eigenvalue weighted by Gasteiger charge is 2.55. The second kappa shape index (κ2) is 2.01. The Kier molecular flexibility index (Phi) is 1.39. The Morgan fingerprint density at radius 3 is 2.27 bits per heavy atom. The Labute approximate surface area is 69.4 Å². The first kappa shape index (κ1) is 7.60. The number of nitrogens with two attached hydrogens (primary N) is 1. The van der Waals surface area contributed by atoms with E-state index >= 15 is 0 Å². The summed E-state index contributed by atoms with van der Waals surface area (Å²) in [4.78, 5) is 0. The van der Waals surface area contributed by atoms with Gasteiger partial charge in [0.25, 0.3) is 0 Å². The lowest BCUT2D eigenvalue weighted by molar-refractivity contribution is -0.108. The van der Waals surface area contributed by atoms with Crippen molar-refractivity contribution in [2.75, 3.05) is 0 Å². The molecule has 1 nitrogen and oxygen atoms in total. The first-order chi connectivity index (χ1) is 5.03. The zero-order valence-corrected chi connectivity index (χ0v) is 7.80. The fourth-order valence-corrected chi connectivity index (χ4v) is 3.19. The molecule has 3 saturated carbocycles. The van der Waals surface area contributed by atoms with Crippen molar-refractivity contribution in [1.82, 2.24) is 0 Å². The molecule has 2 N–H and O–H groups in total. The van der Waals surface area contributed by atoms with Gasteiger partial charge in [-0.15, -0.1) is 0 Å². The Bertz CT molecular complexity index is 174. The van der Waals surface area contributed by atoms with Gasteiger partial charge in [-0.2, -0.15) is 0 Å². The summed E-state index contributed by atoms with van der Waals surface area (Å²) >= 11 is 0. The third kappa shape index (κ3) is 0.807. The largest absolute Gasteiger partial charge is 0.327 e. The third-order valence-corrected chi connectivity index (χ3v) is 4.41. The van der Waals surface area contributed by atoms with Gasteiger partial charge < -0.3 is 5.73 Å². The number of hydrogen-bond donors (Lipinski definition) is 1. The highest BCUT2D eigenvalue weighted by Crippen LogP contribution is 2.60. The van der Waals surface area contributed by atoms with E-state index in [9.17, 15) is 0 Å². The highest BCUT2D eigenvalue weighted by atomic mass is 14.7. The molecule has 0 aliphatic heterocycles. The standard InChI is InChI=1S/C10H19N/c1-6-8-4-7(5-9(6)11)10(8,2)3/h6-9H,4-5,11H2,1-3H3/t6?,7?,8-,9?/m0/s1. The van der Waals surface area contributed by atoms with E-state index in [1.54, 1.807) is 0 Å². The fraction of sp³-hybridized carbons (Fsp3) is 1.00. The lowest BCUT2D eigenvalue weighted by Crippen LogP contribution is -2.58. The van der Waals surface area contributed by atoms with Crippen LogP contribution in [0.3, 0.4) is 0 Å². The van der Waals surface area contributed by atoms with Crippen molar-refractivity contribution >= 4 is 0 Å². The van der Waals surface area contributed by atoms with Gasteiger partial charge >= 0.3 is 0 Å². The van der Waals surface area contributed by atoms with Crippen LogP contribution in [0.1, 0.15) is 33.6 Å². The van der Waals surface area contributed by atoms with E-state index in [1.165, 1.54) is 12.8 Å². The zero-order chi connectivity index (χ0) is 8.22. The minimum atomic E-state index is 0.492. The van der Waals surface area contributed by atoms with E-state index < -0.39 is 0 Å². The van der Waals surface area contributed by atoms with E-state index in [4.69, 9.17) is 5.73 Å². The molecule has 0 spiro atoms. The molecule has 3 rings (SSSR count). The summed E-state index contributed by atoms with van der Waals surface area (Å²) in [6.07, 6.45) is 2.71. The molecular weight excluding hydrogens is 134 g/mol. The Hall–Kier alpha value is -0.0400. The summed E-state index contributed by atoms with van der Waals surface area (Å²) in [6.45, 7) is 7.15. The van der Waals surface area contributed by atoms with Crippen molar-refractivity contribution in [3.63, 3.8) is 0 Å². The summed E-state index contributed by atoms with van der Waals surface area (Å²) in [7, 11) is 0. The molecule has 0 aromatic rings. The van der Waals surface area contributed by atoms with Gasteiger partial charge in [0, 0.05) is 6.04 Å². The van der Waals surface area contributed by atoms with Crippen LogP contribution in [0.2, 0.25) is 0 Å². The van der Waals surface area contributed by atoms with Gasteiger partial charge in [-0.25, -0.2) is 0 Å². The van der Waals surface area contributed by atoms with Crippen LogP contribution >= 0.6 is 0 Å². The molecule has 0 saturated heterocycles. The maximum atomic E-state index is 6.02. The van der Waals surface area contributed by atoms with Gasteiger partial charge in [-0.3, -0.25) is 0 Å². The van der Waals surface area contributed by atoms with Crippen LogP contribution in [0.5, 0.6) is 0 Å². The van der Waals surface area contributed by atoms with Crippen LogP contribution in [0.4, 0.5) is 0 Å². The Morgan fingerprint density at radius 2 is 1.91 bits per heavy atom. The van der Waals surface area contributed by atoms with Crippen molar-refractivity contribution in [2.24, 2.45) is 28.9 Å². The zero-order valence-electron chi connectivity index (χ0n) is 7.80. The van der Waals surface area contributed by atoms with Gasteiger partial charge in [0.05, 0.1) is 0 Å². The Balaban J connectivity index is 2.17. The van der Waals surface area contributed by atoms with Gasteiger partial charge in [-0.05, 0) is 36.0 Å². The molecule has 0 aromatic heterocycles. The first-order valence-corrected chi connectivity index (χ1v) is 4.79. The second-order valence-electron chi connectivity index (χ2n) is 5.12. The minimum absolute atomic E-state index is 0.492. The molecule has 0 amide bonds. The molecule has 3 aliphatic rings. The van der Waals surface area contributed by atoms with Crippen molar-refractivity contribution < 1.29 is 0 Å². The normalized spacial score (nSPS) is 53.5. The summed E-state index contributed by atoms with van der Waals surface area (Å²) in [5, 5.41) is 0. The van der Waals surface area contributed by atoms with E-state index in [0.717, 1.165) is 17.8 Å². The van der Waals surface area contributed by atoms with Crippen LogP contribution in [0, 0.1) is 23.2 Å². The topological polar surface area (TPSA) is 26.0 Å². The SMILES string of the molecule is CC1C(N)CC2C[C@@H]1C2(C)C. The lowest BCUT2D eigenvalue weighted by Gasteiger charge is -2.61. The molecular formula is C10H19N. The number of rotatable bonds is 0. The predicted octanol–water partition coefficient (Wildman–Crippen LogP) is 2.02. The Morgan fingerprint density at radius 1 is 1.27 bits per heavy atom. The van der Waals surface area contributed by atoms with Crippen LogP contribution in [0.15, 0.2) is 0 Å². The van der Waals surface area contributed by atoms with E-state index in [1.807, 2.05) is 0 Å². The number of fused-ring (bicyclic) bond motifs is 2. The fourth-order valence-electron chi connectivity index (χ4n) is 3.19. The van der Waals surface area contributed by atoms with Gasteiger partial charge in [0.15, 0.2) is 0 Å². The molecule has 0 aromatic carbocycles. The molecule has 2 bridgehead atoms. The minimum Gasteiger partial charge on any atom is -0.327 e. The molecule has 4 atom stereocenters. The maximum absolute atomic E-state index is 6.02. The van der Waals surface area contributed by atoms with Crippen molar-refractivity contribution in [2.45, 2.75) is 39.7 Å². The average Bonchev–Trinajstić information content (AvgIpc) is 1.93. The quantitative estimate of drug-likeness (QED) is 0.566. The van der Waals surface area contributed by atoms with Crippen LogP contribution < -0.4 is 5.73 Å². The van der Waals surface area contributed by atoms with E-state index in [0.29, 0.717) is 11.5 Å². The molecule has 1 heteroatoms. The molecule has 0 heterocycles. The summed E-state index contributed by atoms with van der Waals surface area (Å²) in [5.74, 6) is 2.60. The lowest BCUT2D eigenvalue weighted by atomic mass is 9.45. The highest BCUT2D eigenvalue weighted by molar-refractivity contribution is 5.06. The van der Waals surface area contributed by atoms with Crippen molar-refractivity contribution in [3.8, 4) is 0 Å². The summed E-state index contributed by atoms with van der Waals surface area (Å²) < 4.78 is 0. The molecule has 0 radical (unpaired) electrons. The summed E-state index contributed by atoms with van der Waals surface area (Å²) in [5.41, 5.74) is 6.63. The van der Waals surface area contributed by atoms with Gasteiger partial charge in [0.2, 0.25) is 0 Å². The van der Waals surface area contributed by atoms with E-state index in [-0.39, 0.29) is 0 Å². The van der Waals surface area contributed by atoms with E-state index in [2.05, 4.69) is 20.8 Å². The second-order valence-corrected chi connectivity index (χ2v) is 5.12. The predicted molar refractivity (Wildman–Crippen MR) is 47.1 cm³/mol. The molecule has 3 unspecified atom stereocenters. The van der Waals surface area contributed by atoms with Crippen LogP contribution in [0.25, 0.3) is 0 Å². The smallest absolute Gasteiger partial charge is 0.00702 e. The van der Waals surface area contributed by atoms with Crippen LogP contribution in [-0.4, -0.2) is 6.04 Å². The molecule has 11 heavy (non-hydrogen) atoms. The van der Waals surface area contributed by atoms with Gasteiger partial charge in [0.1, 0.15) is 0 Å². The molecule has 3 aliphatic carbocycles. The average molecular weight is 153 g/mol. The third-order valence-electron chi connectivity index (χ3n) is 4.41. The molecule has 64 valence electrons. The van der Waals surface area contributed by atoms with Gasteiger partial charge in [-0.1, -0.05) is 20.8 Å². The maximum Gasteiger partial charge on any atom is 0.00702 e. The van der Waals surface area contributed by atoms with Crippen molar-refractivity contribution in [1.29, 1.82) is 0 Å². The van der Waals surface area contributed by atoms with Crippen molar-refractivity contribution in [3.05, 3.63) is 0 Å². The number of hydrogen-bond acceptors (Lipinski definition) is 1. The molecule has 3 fully saturated rings. The van der Waals surface area contributed by atoms with Crippen LogP contribution in [-0.2, 0) is 0 Å². The first-order valence-electron chi connectivity index (χ1n) is 4.79.